The summed E-state index contributed by atoms with van der Waals surface area (Å²) in [6.07, 6.45) is 5.15. The van der Waals surface area contributed by atoms with Crippen LogP contribution in [0.2, 0.25) is 0 Å². The van der Waals surface area contributed by atoms with Gasteiger partial charge in [-0.3, -0.25) is 4.79 Å². The number of benzene rings is 2. The number of carbonyl (C=O) groups is 1. The molecule has 3 N–H and O–H groups in total. The summed E-state index contributed by atoms with van der Waals surface area (Å²) in [5.41, 5.74) is 4.37. The highest BCUT2D eigenvalue weighted by molar-refractivity contribution is 6.10. The van der Waals surface area contributed by atoms with Gasteiger partial charge in [-0.25, -0.2) is 8.78 Å². The second kappa shape index (κ2) is 7.63. The number of aromatic amines is 3. The summed E-state index contributed by atoms with van der Waals surface area (Å²) in [6, 6.07) is 10.3. The van der Waals surface area contributed by atoms with Gasteiger partial charge in [-0.05, 0) is 72.9 Å². The third-order valence-corrected chi connectivity index (χ3v) is 5.30. The molecule has 0 aliphatic rings. The summed E-state index contributed by atoms with van der Waals surface area (Å²) in [5, 5.41) is 6.83. The van der Waals surface area contributed by atoms with Gasteiger partial charge in [0.25, 0.3) is 0 Å². The Bertz CT molecular complexity index is 1330. The molecule has 4 nitrogen and oxygen atoms in total. The zero-order chi connectivity index (χ0) is 21.4. The van der Waals surface area contributed by atoms with E-state index in [1.165, 1.54) is 19.2 Å². The normalized spacial score (nSPS) is 11.0. The molecule has 0 amide bonds. The van der Waals surface area contributed by atoms with Crippen molar-refractivity contribution in [1.29, 1.82) is 0 Å². The monoisotopic (exact) mass is 405 g/mol. The molecule has 152 valence electrons. The van der Waals surface area contributed by atoms with Crippen LogP contribution in [-0.4, -0.2) is 21.0 Å². The smallest absolute Gasteiger partial charge is 0.200 e. The highest BCUT2D eigenvalue weighted by atomic mass is 19.1. The van der Waals surface area contributed by atoms with E-state index < -0.39 is 23.0 Å². The lowest BCUT2D eigenvalue weighted by Crippen LogP contribution is -2.10. The average Bonchev–Trinajstić information content (AvgIpc) is 3.08. The molecular formula is C24H21F2N3O. The van der Waals surface area contributed by atoms with Crippen LogP contribution in [0.3, 0.4) is 0 Å². The molecule has 2 heterocycles. The van der Waals surface area contributed by atoms with Gasteiger partial charge < -0.3 is 15.2 Å². The lowest BCUT2D eigenvalue weighted by Gasteiger charge is -2.09. The van der Waals surface area contributed by atoms with Crippen molar-refractivity contribution in [2.45, 2.75) is 20.8 Å². The maximum absolute atomic E-state index is 14.5. The molecule has 0 fully saturated rings. The van der Waals surface area contributed by atoms with Crippen LogP contribution in [0, 0.1) is 32.4 Å². The van der Waals surface area contributed by atoms with Crippen LogP contribution in [0.1, 0.15) is 32.6 Å². The predicted molar refractivity (Wildman–Crippen MR) is 114 cm³/mol. The van der Waals surface area contributed by atoms with Crippen LogP contribution < -0.4 is 0 Å². The first-order chi connectivity index (χ1) is 14.4. The van der Waals surface area contributed by atoms with E-state index >= 15 is 0 Å². The molecule has 0 saturated heterocycles. The van der Waals surface area contributed by atoms with Crippen molar-refractivity contribution in [2.75, 3.05) is 0 Å². The summed E-state index contributed by atoms with van der Waals surface area (Å²) in [5.74, 6) is -2.43. The molecule has 2 aromatic carbocycles. The summed E-state index contributed by atoms with van der Waals surface area (Å²) < 4.78 is 28.8. The zero-order valence-corrected chi connectivity index (χ0v) is 16.9. The molecule has 2 aromatic heterocycles. The number of fused-ring (bicyclic) bond motifs is 1. The number of hydrogen-bond acceptors (Lipinski definition) is 1. The van der Waals surface area contributed by atoms with Crippen molar-refractivity contribution in [3.05, 3.63) is 94.4 Å². The Kier molecular flexibility index (Phi) is 4.99. The summed E-state index contributed by atoms with van der Waals surface area (Å²) in [6.45, 7) is 5.28. The molecule has 0 saturated carbocycles. The van der Waals surface area contributed by atoms with E-state index in [0.717, 1.165) is 33.7 Å². The van der Waals surface area contributed by atoms with Gasteiger partial charge in [0.05, 0.1) is 5.56 Å². The number of H-pyrrole nitrogens is 3. The van der Waals surface area contributed by atoms with E-state index in [0.29, 0.717) is 5.56 Å². The van der Waals surface area contributed by atoms with Gasteiger partial charge >= 0.3 is 0 Å². The van der Waals surface area contributed by atoms with Crippen LogP contribution in [-0.2, 0) is 0 Å². The fourth-order valence-corrected chi connectivity index (χ4v) is 3.55. The van der Waals surface area contributed by atoms with Gasteiger partial charge in [0.15, 0.2) is 0 Å². The Morgan fingerprint density at radius 2 is 1.57 bits per heavy atom. The number of rotatable bonds is 3. The van der Waals surface area contributed by atoms with Crippen LogP contribution in [0.25, 0.3) is 22.0 Å². The highest BCUT2D eigenvalue weighted by Gasteiger charge is 2.21. The van der Waals surface area contributed by atoms with E-state index in [4.69, 9.17) is 0 Å². The maximum atomic E-state index is 14.5. The SMILES string of the molecule is Cc1cc(-c2ccc3[nH]cc(C)c3c2)c[nH][nH]cc1C(=O)c1c(F)ccc(C)c1F. The van der Waals surface area contributed by atoms with Crippen LogP contribution in [0.4, 0.5) is 8.78 Å². The van der Waals surface area contributed by atoms with Gasteiger partial charge in [0.2, 0.25) is 5.78 Å². The zero-order valence-electron chi connectivity index (χ0n) is 16.9. The third kappa shape index (κ3) is 3.41. The molecule has 0 atom stereocenters. The van der Waals surface area contributed by atoms with Crippen LogP contribution in [0.15, 0.2) is 55.0 Å². The second-order valence-corrected chi connectivity index (χ2v) is 7.39. The average molecular weight is 405 g/mol. The van der Waals surface area contributed by atoms with Crippen molar-refractivity contribution < 1.29 is 13.6 Å². The Morgan fingerprint density at radius 1 is 0.800 bits per heavy atom. The molecular weight excluding hydrogens is 384 g/mol. The highest BCUT2D eigenvalue weighted by Crippen LogP contribution is 2.27. The first-order valence-electron chi connectivity index (χ1n) is 9.54. The van der Waals surface area contributed by atoms with Gasteiger partial charge in [-0.15, -0.1) is 0 Å². The minimum Gasteiger partial charge on any atom is -0.361 e. The number of nitrogens with one attached hydrogen (secondary N) is 3. The second-order valence-electron chi connectivity index (χ2n) is 7.39. The number of carbonyl (C=O) groups excluding carboxylic acids is 1. The van der Waals surface area contributed by atoms with Crippen molar-refractivity contribution in [3.8, 4) is 11.1 Å². The minimum atomic E-state index is -0.879. The standard InChI is InChI=1S/C24H21F2N3O/c1-13-4-6-20(25)22(23(13)26)24(30)19-12-29-28-11-17(8-14(19)2)16-5-7-21-18(9-16)15(3)10-27-21/h4-12,27-29H,1-3H3. The number of halogens is 2. The quantitative estimate of drug-likeness (QED) is 0.357. The summed E-state index contributed by atoms with van der Waals surface area (Å²) >= 11 is 0. The molecule has 0 bridgehead atoms. The summed E-state index contributed by atoms with van der Waals surface area (Å²) in [4.78, 5) is 16.2. The van der Waals surface area contributed by atoms with Gasteiger partial charge in [-0.2, -0.15) is 0 Å². The Labute approximate surface area is 172 Å². The first kappa shape index (κ1) is 19.6. The lowest BCUT2D eigenvalue weighted by molar-refractivity contribution is 0.103. The van der Waals surface area contributed by atoms with E-state index in [-0.39, 0.29) is 11.1 Å². The molecule has 0 aliphatic carbocycles. The Hall–Kier alpha value is -3.67. The van der Waals surface area contributed by atoms with Gasteiger partial charge in [-0.1, -0.05) is 12.1 Å². The predicted octanol–water partition coefficient (Wildman–Crippen LogP) is 6.05. The summed E-state index contributed by atoms with van der Waals surface area (Å²) in [7, 11) is 0. The molecule has 4 rings (SSSR count). The van der Waals surface area contributed by atoms with E-state index in [2.05, 4.69) is 21.2 Å². The lowest BCUT2D eigenvalue weighted by atomic mass is 9.97. The number of ketones is 1. The van der Waals surface area contributed by atoms with E-state index in [1.54, 1.807) is 13.1 Å². The Balaban J connectivity index is 1.86. The van der Waals surface area contributed by atoms with Gasteiger partial charge in [0, 0.05) is 35.1 Å². The van der Waals surface area contributed by atoms with Crippen molar-refractivity contribution in [3.63, 3.8) is 0 Å². The topological polar surface area (TPSA) is 64.4 Å². The number of aryl methyl sites for hydroxylation is 3. The number of aromatic nitrogens is 3. The molecule has 0 unspecified atom stereocenters. The number of hydrogen-bond donors (Lipinski definition) is 3. The van der Waals surface area contributed by atoms with Crippen molar-refractivity contribution in [2.24, 2.45) is 0 Å². The molecule has 0 aliphatic heterocycles. The molecule has 0 spiro atoms. The minimum absolute atomic E-state index is 0.176. The van der Waals surface area contributed by atoms with Crippen LogP contribution >= 0.6 is 0 Å². The van der Waals surface area contributed by atoms with Crippen molar-refractivity contribution >= 4 is 16.7 Å². The van der Waals surface area contributed by atoms with E-state index in [9.17, 15) is 13.6 Å². The molecule has 4 aromatic rings. The molecule has 30 heavy (non-hydrogen) atoms. The van der Waals surface area contributed by atoms with E-state index in [1.807, 2.05) is 31.3 Å². The fourth-order valence-electron chi connectivity index (χ4n) is 3.55. The Morgan fingerprint density at radius 3 is 2.37 bits per heavy atom. The van der Waals surface area contributed by atoms with Crippen LogP contribution in [0.5, 0.6) is 0 Å². The third-order valence-electron chi connectivity index (χ3n) is 5.30. The van der Waals surface area contributed by atoms with Crippen molar-refractivity contribution in [1.82, 2.24) is 15.2 Å². The first-order valence-corrected chi connectivity index (χ1v) is 9.54. The molecule has 0 radical (unpaired) electrons. The fraction of sp³-hybridized carbons (Fsp3) is 0.125. The maximum Gasteiger partial charge on any atom is 0.200 e. The van der Waals surface area contributed by atoms with Gasteiger partial charge in [0.1, 0.15) is 11.6 Å². The largest absolute Gasteiger partial charge is 0.361 e. The molecule has 6 heteroatoms.